The minimum Gasteiger partial charge on any atom is -0.497 e. The maximum absolute atomic E-state index is 5.16. The molecule has 0 atom stereocenters. The van der Waals surface area contributed by atoms with Gasteiger partial charge in [-0.3, -0.25) is 0 Å². The van der Waals surface area contributed by atoms with Gasteiger partial charge in [0, 0.05) is 6.42 Å². The van der Waals surface area contributed by atoms with Gasteiger partial charge in [-0.1, -0.05) is 23.5 Å². The van der Waals surface area contributed by atoms with Gasteiger partial charge in [-0.25, -0.2) is 0 Å². The average molecular weight is 285 g/mol. The van der Waals surface area contributed by atoms with Crippen molar-refractivity contribution in [2.45, 2.75) is 6.42 Å². The highest BCUT2D eigenvalue weighted by Gasteiger charge is 2.03. The summed E-state index contributed by atoms with van der Waals surface area (Å²) in [6.45, 7) is 0. The molecule has 0 N–H and O–H groups in total. The summed E-state index contributed by atoms with van der Waals surface area (Å²) in [5, 5.41) is 8.95. The van der Waals surface area contributed by atoms with E-state index in [1.807, 2.05) is 18.2 Å². The van der Waals surface area contributed by atoms with Gasteiger partial charge in [0.05, 0.1) is 7.11 Å². The van der Waals surface area contributed by atoms with Gasteiger partial charge in [-0.2, -0.15) is 0 Å². The van der Waals surface area contributed by atoms with Crippen molar-refractivity contribution in [1.82, 2.24) is 10.2 Å². The number of halogens is 1. The van der Waals surface area contributed by atoms with Gasteiger partial charge in [0.2, 0.25) is 0 Å². The number of methoxy groups -OCH3 is 1. The number of nitrogens with zero attached hydrogens (tertiary/aromatic N) is 2. The molecule has 3 nitrogen and oxygen atoms in total. The molecule has 15 heavy (non-hydrogen) atoms. The Balaban J connectivity index is 2.16. The third kappa shape index (κ3) is 2.76. The molecule has 0 spiro atoms. The Hall–Kier alpha value is -0.940. The van der Waals surface area contributed by atoms with E-state index in [0.717, 1.165) is 21.1 Å². The first-order valence-corrected chi connectivity index (χ1v) is 5.99. The Kier molecular flexibility index (Phi) is 3.33. The largest absolute Gasteiger partial charge is 0.497 e. The molecule has 1 aromatic heterocycles. The smallest absolute Gasteiger partial charge is 0.183 e. The second-order valence-electron chi connectivity index (χ2n) is 2.98. The molecule has 0 fully saturated rings. The van der Waals surface area contributed by atoms with Gasteiger partial charge in [0.15, 0.2) is 3.92 Å². The summed E-state index contributed by atoms with van der Waals surface area (Å²) in [6.07, 6.45) is 0.792. The molecule has 78 valence electrons. The van der Waals surface area contributed by atoms with Crippen LogP contribution in [0.5, 0.6) is 5.75 Å². The summed E-state index contributed by atoms with van der Waals surface area (Å²) in [7, 11) is 1.67. The number of hydrogen-bond acceptors (Lipinski definition) is 4. The number of aromatic nitrogens is 2. The lowest BCUT2D eigenvalue weighted by Gasteiger charge is -2.01. The summed E-state index contributed by atoms with van der Waals surface area (Å²) in [4.78, 5) is 0. The highest BCUT2D eigenvalue weighted by molar-refractivity contribution is 9.11. The first kappa shape index (κ1) is 10.6. The quantitative estimate of drug-likeness (QED) is 0.869. The second kappa shape index (κ2) is 4.72. The molecule has 5 heteroatoms. The molecule has 0 amide bonds. The lowest BCUT2D eigenvalue weighted by atomic mass is 10.1. The van der Waals surface area contributed by atoms with Gasteiger partial charge in [0.1, 0.15) is 10.8 Å². The van der Waals surface area contributed by atoms with E-state index in [2.05, 4.69) is 32.2 Å². The molecule has 1 heterocycles. The fraction of sp³-hybridized carbons (Fsp3) is 0.200. The maximum Gasteiger partial charge on any atom is 0.183 e. The number of ether oxygens (including phenoxy) is 1. The Morgan fingerprint density at radius 1 is 1.40 bits per heavy atom. The summed E-state index contributed by atoms with van der Waals surface area (Å²) in [5.74, 6) is 0.871. The minimum absolute atomic E-state index is 0.792. The van der Waals surface area contributed by atoms with Crippen molar-refractivity contribution in [2.24, 2.45) is 0 Å². The van der Waals surface area contributed by atoms with Crippen molar-refractivity contribution in [3.8, 4) is 5.75 Å². The van der Waals surface area contributed by atoms with Crippen LogP contribution in [0.15, 0.2) is 28.2 Å². The van der Waals surface area contributed by atoms with Crippen LogP contribution in [0.4, 0.5) is 0 Å². The molecule has 0 aliphatic carbocycles. The SMILES string of the molecule is COc1cccc(Cc2nnc(Br)s2)c1. The number of hydrogen-bond donors (Lipinski definition) is 0. The molecular weight excluding hydrogens is 276 g/mol. The maximum atomic E-state index is 5.16. The first-order valence-electron chi connectivity index (χ1n) is 4.39. The number of benzene rings is 1. The van der Waals surface area contributed by atoms with Crippen molar-refractivity contribution in [3.63, 3.8) is 0 Å². The van der Waals surface area contributed by atoms with Crippen LogP contribution in [0.25, 0.3) is 0 Å². The molecular formula is C10H9BrN2OS. The fourth-order valence-electron chi connectivity index (χ4n) is 1.26. The predicted molar refractivity (Wildman–Crippen MR) is 63.4 cm³/mol. The van der Waals surface area contributed by atoms with Crippen LogP contribution in [0, 0.1) is 0 Å². The van der Waals surface area contributed by atoms with E-state index in [4.69, 9.17) is 4.74 Å². The van der Waals surface area contributed by atoms with Gasteiger partial charge in [-0.15, -0.1) is 10.2 Å². The first-order chi connectivity index (χ1) is 7.28. The molecule has 0 aliphatic heterocycles. The van der Waals surface area contributed by atoms with E-state index in [1.54, 1.807) is 18.4 Å². The van der Waals surface area contributed by atoms with Crippen molar-refractivity contribution in [1.29, 1.82) is 0 Å². The predicted octanol–water partition coefficient (Wildman–Crippen LogP) is 2.90. The molecule has 2 aromatic rings. The van der Waals surface area contributed by atoms with Crippen LogP contribution in [0.1, 0.15) is 10.6 Å². The summed E-state index contributed by atoms with van der Waals surface area (Å²) >= 11 is 4.84. The summed E-state index contributed by atoms with van der Waals surface area (Å²) in [6, 6.07) is 7.97. The van der Waals surface area contributed by atoms with Crippen LogP contribution in [-0.4, -0.2) is 17.3 Å². The van der Waals surface area contributed by atoms with E-state index in [9.17, 15) is 0 Å². The van der Waals surface area contributed by atoms with Crippen molar-refractivity contribution >= 4 is 27.3 Å². The molecule has 1 aromatic carbocycles. The molecule has 0 saturated carbocycles. The summed E-state index contributed by atoms with van der Waals surface area (Å²) < 4.78 is 5.98. The fourth-order valence-corrected chi connectivity index (χ4v) is 2.50. The van der Waals surface area contributed by atoms with Crippen molar-refractivity contribution in [2.75, 3.05) is 7.11 Å². The van der Waals surface area contributed by atoms with Crippen LogP contribution in [0.3, 0.4) is 0 Å². The van der Waals surface area contributed by atoms with Crippen LogP contribution in [-0.2, 0) is 6.42 Å². The third-order valence-electron chi connectivity index (χ3n) is 1.93. The molecule has 0 bridgehead atoms. The topological polar surface area (TPSA) is 35.0 Å². The van der Waals surface area contributed by atoms with E-state index in [1.165, 1.54) is 5.56 Å². The van der Waals surface area contributed by atoms with Gasteiger partial charge >= 0.3 is 0 Å². The molecule has 0 radical (unpaired) electrons. The zero-order chi connectivity index (χ0) is 10.7. The van der Waals surface area contributed by atoms with Gasteiger partial charge in [0.25, 0.3) is 0 Å². The van der Waals surface area contributed by atoms with E-state index in [0.29, 0.717) is 0 Å². The number of rotatable bonds is 3. The third-order valence-corrected chi connectivity index (χ3v) is 3.29. The van der Waals surface area contributed by atoms with Crippen molar-refractivity contribution in [3.05, 3.63) is 38.8 Å². The highest BCUT2D eigenvalue weighted by Crippen LogP contribution is 2.20. The lowest BCUT2D eigenvalue weighted by Crippen LogP contribution is -1.89. The van der Waals surface area contributed by atoms with E-state index < -0.39 is 0 Å². The van der Waals surface area contributed by atoms with Gasteiger partial charge in [-0.05, 0) is 33.6 Å². The highest BCUT2D eigenvalue weighted by atomic mass is 79.9. The Morgan fingerprint density at radius 3 is 2.93 bits per heavy atom. The van der Waals surface area contributed by atoms with Crippen LogP contribution >= 0.6 is 27.3 Å². The molecule has 2 rings (SSSR count). The van der Waals surface area contributed by atoms with Crippen molar-refractivity contribution < 1.29 is 4.74 Å². The summed E-state index contributed by atoms with van der Waals surface area (Å²) in [5.41, 5.74) is 1.18. The second-order valence-corrected chi connectivity index (χ2v) is 5.32. The Bertz CT molecular complexity index is 458. The standard InChI is InChI=1S/C10H9BrN2OS/c1-14-8-4-2-3-7(5-8)6-9-12-13-10(11)15-9/h2-5H,6H2,1H3. The van der Waals surface area contributed by atoms with Crippen LogP contribution in [0.2, 0.25) is 0 Å². The molecule has 0 unspecified atom stereocenters. The zero-order valence-corrected chi connectivity index (χ0v) is 10.5. The molecule has 0 aliphatic rings. The van der Waals surface area contributed by atoms with Crippen LogP contribution < -0.4 is 4.74 Å². The lowest BCUT2D eigenvalue weighted by molar-refractivity contribution is 0.414. The molecule has 0 saturated heterocycles. The normalized spacial score (nSPS) is 10.3. The average Bonchev–Trinajstić information content (AvgIpc) is 2.64. The van der Waals surface area contributed by atoms with E-state index >= 15 is 0 Å². The zero-order valence-electron chi connectivity index (χ0n) is 8.11. The monoisotopic (exact) mass is 284 g/mol. The van der Waals surface area contributed by atoms with Gasteiger partial charge < -0.3 is 4.74 Å². The van der Waals surface area contributed by atoms with E-state index in [-0.39, 0.29) is 0 Å². The Morgan fingerprint density at radius 2 is 2.27 bits per heavy atom. The minimum atomic E-state index is 0.792. The Labute approximate surface area is 100 Å².